The van der Waals surface area contributed by atoms with Gasteiger partial charge in [-0.1, -0.05) is 0 Å². The largest absolute Gasteiger partial charge is 0.550 e. The van der Waals surface area contributed by atoms with Crippen LogP contribution in [0.15, 0.2) is 0 Å². The van der Waals surface area contributed by atoms with E-state index in [0.29, 0.717) is 0 Å². The Morgan fingerprint density at radius 3 is 1.62 bits per heavy atom. The van der Waals surface area contributed by atoms with Crippen LogP contribution < -0.4 is 15.3 Å². The van der Waals surface area contributed by atoms with Crippen molar-refractivity contribution >= 4 is 17.9 Å². The molecule has 7 nitrogen and oxygen atoms in total. The molecule has 0 aromatic heterocycles. The Balaban J connectivity index is 5.11. The fraction of sp³-hybridized carbons (Fsp3) is 0.667. The molecule has 0 fully saturated rings. The highest BCUT2D eigenvalue weighted by molar-refractivity contribution is 5.86. The van der Waals surface area contributed by atoms with Gasteiger partial charge in [0.05, 0.1) is 12.1 Å². The Hall–Kier alpha value is -1.63. The van der Waals surface area contributed by atoms with Crippen LogP contribution in [-0.2, 0) is 19.1 Å². The standard InChI is InChI=1S/C9H14O7/c1-5(2)16-9(8(14)15,3-6(10)11)4-7(12)13/h5H,3-4H2,1-2H3,(H,10,11)(H,12,13)(H,14,15)/p-3. The number of hydrogen-bond acceptors (Lipinski definition) is 7. The van der Waals surface area contributed by atoms with Crippen molar-refractivity contribution in [3.05, 3.63) is 0 Å². The lowest BCUT2D eigenvalue weighted by molar-refractivity contribution is -0.345. The minimum atomic E-state index is -2.45. The molecule has 0 amide bonds. The van der Waals surface area contributed by atoms with Gasteiger partial charge in [0.2, 0.25) is 0 Å². The molecule has 0 aliphatic rings. The Morgan fingerprint density at radius 1 is 1.06 bits per heavy atom. The van der Waals surface area contributed by atoms with Crippen LogP contribution in [0.1, 0.15) is 26.7 Å². The molecule has 0 rings (SSSR count). The van der Waals surface area contributed by atoms with Crippen LogP contribution in [0.3, 0.4) is 0 Å². The zero-order valence-corrected chi connectivity index (χ0v) is 8.85. The molecule has 0 heterocycles. The van der Waals surface area contributed by atoms with Crippen molar-refractivity contribution in [3.8, 4) is 0 Å². The second kappa shape index (κ2) is 5.45. The van der Waals surface area contributed by atoms with Gasteiger partial charge in [0.25, 0.3) is 0 Å². The van der Waals surface area contributed by atoms with E-state index >= 15 is 0 Å². The van der Waals surface area contributed by atoms with E-state index in [2.05, 4.69) is 0 Å². The molecule has 92 valence electrons. The Labute approximate surface area is 91.6 Å². The number of carbonyl (C=O) groups excluding carboxylic acids is 3. The van der Waals surface area contributed by atoms with E-state index in [1.54, 1.807) is 0 Å². The average Bonchev–Trinajstić information content (AvgIpc) is 1.98. The fourth-order valence-electron chi connectivity index (χ4n) is 1.26. The first kappa shape index (κ1) is 14.4. The molecule has 0 N–H and O–H groups in total. The summed E-state index contributed by atoms with van der Waals surface area (Å²) < 4.78 is 4.82. The van der Waals surface area contributed by atoms with Gasteiger partial charge < -0.3 is 34.4 Å². The highest BCUT2D eigenvalue weighted by atomic mass is 16.5. The summed E-state index contributed by atoms with van der Waals surface area (Å²) in [5.41, 5.74) is -2.45. The van der Waals surface area contributed by atoms with Crippen LogP contribution >= 0.6 is 0 Å². The lowest BCUT2D eigenvalue weighted by atomic mass is 9.95. The van der Waals surface area contributed by atoms with Crippen molar-refractivity contribution in [3.63, 3.8) is 0 Å². The summed E-state index contributed by atoms with van der Waals surface area (Å²) in [6.45, 7) is 2.87. The number of ether oxygens (including phenoxy) is 1. The van der Waals surface area contributed by atoms with Crippen LogP contribution in [0.4, 0.5) is 0 Å². The van der Waals surface area contributed by atoms with Gasteiger partial charge in [-0.2, -0.15) is 0 Å². The molecule has 0 spiro atoms. The van der Waals surface area contributed by atoms with Crippen LogP contribution in [-0.4, -0.2) is 29.6 Å². The topological polar surface area (TPSA) is 130 Å². The first-order valence-electron chi connectivity index (χ1n) is 4.48. The number of carboxylic acids is 3. The molecule has 0 radical (unpaired) electrons. The van der Waals surface area contributed by atoms with Crippen LogP contribution in [0.25, 0.3) is 0 Å². The summed E-state index contributed by atoms with van der Waals surface area (Å²) in [5, 5.41) is 31.6. The van der Waals surface area contributed by atoms with Crippen LogP contribution in [0.2, 0.25) is 0 Å². The lowest BCUT2D eigenvalue weighted by Gasteiger charge is -2.37. The van der Waals surface area contributed by atoms with Gasteiger partial charge >= 0.3 is 0 Å². The number of carboxylic acid groups (broad SMARTS) is 3. The molecule has 0 saturated heterocycles. The Bertz CT molecular complexity index is 278. The molecule has 0 aromatic carbocycles. The van der Waals surface area contributed by atoms with Gasteiger partial charge in [-0.25, -0.2) is 0 Å². The maximum absolute atomic E-state index is 10.8. The average molecular weight is 231 g/mol. The van der Waals surface area contributed by atoms with E-state index in [9.17, 15) is 29.7 Å². The fourth-order valence-corrected chi connectivity index (χ4v) is 1.26. The van der Waals surface area contributed by atoms with E-state index in [1.807, 2.05) is 0 Å². The van der Waals surface area contributed by atoms with Crippen molar-refractivity contribution in [1.82, 2.24) is 0 Å². The number of aliphatic carboxylic acids is 3. The number of hydrogen-bond donors (Lipinski definition) is 0. The monoisotopic (exact) mass is 231 g/mol. The lowest BCUT2D eigenvalue weighted by Crippen LogP contribution is -2.56. The summed E-state index contributed by atoms with van der Waals surface area (Å²) in [5.74, 6) is -5.41. The predicted octanol–water partition coefficient (Wildman–Crippen LogP) is -3.82. The zero-order chi connectivity index (χ0) is 12.9. The first-order valence-corrected chi connectivity index (χ1v) is 4.48. The van der Waals surface area contributed by atoms with Gasteiger partial charge in [0.15, 0.2) is 0 Å². The third-order valence-corrected chi connectivity index (χ3v) is 1.69. The van der Waals surface area contributed by atoms with Crippen molar-refractivity contribution in [1.29, 1.82) is 0 Å². The van der Waals surface area contributed by atoms with Gasteiger partial charge in [-0.15, -0.1) is 0 Å². The van der Waals surface area contributed by atoms with Gasteiger partial charge in [0, 0.05) is 24.8 Å². The molecule has 0 aliphatic carbocycles. The summed E-state index contributed by atoms with van der Waals surface area (Å²) in [6.07, 6.45) is -2.90. The smallest absolute Gasteiger partial charge is 0.118 e. The molecular weight excluding hydrogens is 220 g/mol. The summed E-state index contributed by atoms with van der Waals surface area (Å²) in [6, 6.07) is 0. The van der Waals surface area contributed by atoms with Crippen molar-refractivity contribution in [2.75, 3.05) is 0 Å². The van der Waals surface area contributed by atoms with Crippen LogP contribution in [0, 0.1) is 0 Å². The summed E-state index contributed by atoms with van der Waals surface area (Å²) >= 11 is 0. The molecule has 0 aromatic rings. The number of rotatable bonds is 7. The van der Waals surface area contributed by atoms with Crippen LogP contribution in [0.5, 0.6) is 0 Å². The first-order chi connectivity index (χ1) is 7.19. The molecule has 0 atom stereocenters. The molecule has 7 heteroatoms. The van der Waals surface area contributed by atoms with Crippen molar-refractivity contribution in [2.24, 2.45) is 0 Å². The second-order valence-corrected chi connectivity index (χ2v) is 3.55. The van der Waals surface area contributed by atoms with Gasteiger partial charge in [0.1, 0.15) is 5.60 Å². The quantitative estimate of drug-likeness (QED) is 0.438. The highest BCUT2D eigenvalue weighted by Gasteiger charge is 2.34. The normalized spacial score (nSPS) is 11.4. The highest BCUT2D eigenvalue weighted by Crippen LogP contribution is 2.22. The molecule has 0 unspecified atom stereocenters. The van der Waals surface area contributed by atoms with E-state index in [0.717, 1.165) is 0 Å². The van der Waals surface area contributed by atoms with Gasteiger partial charge in [-0.3, -0.25) is 0 Å². The third-order valence-electron chi connectivity index (χ3n) is 1.69. The molecule has 16 heavy (non-hydrogen) atoms. The maximum atomic E-state index is 10.8. The predicted molar refractivity (Wildman–Crippen MR) is 43.2 cm³/mol. The molecule has 0 bridgehead atoms. The molecule has 0 aliphatic heterocycles. The minimum absolute atomic E-state index is 0.684. The molecular formula is C9H11O7-3. The van der Waals surface area contributed by atoms with E-state index in [4.69, 9.17) is 4.74 Å². The minimum Gasteiger partial charge on any atom is -0.550 e. The summed E-state index contributed by atoms with van der Waals surface area (Å²) in [7, 11) is 0. The number of carbonyl (C=O) groups is 3. The maximum Gasteiger partial charge on any atom is 0.118 e. The molecule has 0 saturated carbocycles. The van der Waals surface area contributed by atoms with Crippen molar-refractivity contribution in [2.45, 2.75) is 38.4 Å². The van der Waals surface area contributed by atoms with Crippen molar-refractivity contribution < 1.29 is 34.4 Å². The second-order valence-electron chi connectivity index (χ2n) is 3.55. The van der Waals surface area contributed by atoms with E-state index in [1.165, 1.54) is 13.8 Å². The van der Waals surface area contributed by atoms with E-state index in [-0.39, 0.29) is 0 Å². The Kier molecular flexibility index (Phi) is 4.90. The van der Waals surface area contributed by atoms with Gasteiger partial charge in [-0.05, 0) is 13.8 Å². The zero-order valence-electron chi connectivity index (χ0n) is 8.85. The Morgan fingerprint density at radius 2 is 1.44 bits per heavy atom. The van der Waals surface area contributed by atoms with E-state index < -0.39 is 42.5 Å². The third kappa shape index (κ3) is 4.26. The summed E-state index contributed by atoms with van der Waals surface area (Å²) in [4.78, 5) is 31.6. The SMILES string of the molecule is CC(C)OC(CC(=O)[O-])(CC(=O)[O-])C(=O)[O-].